The Kier molecular flexibility index (Phi) is 4.98. The summed E-state index contributed by atoms with van der Waals surface area (Å²) in [5, 5.41) is 0. The molecular formula is C21H17F2NO2. The van der Waals surface area contributed by atoms with Crippen LogP contribution in [0.3, 0.4) is 0 Å². The number of amides is 1. The maximum Gasteiger partial charge on any atom is 0.254 e. The topological polar surface area (TPSA) is 52.3 Å². The predicted molar refractivity (Wildman–Crippen MR) is 95.8 cm³/mol. The van der Waals surface area contributed by atoms with Gasteiger partial charge in [-0.25, -0.2) is 8.78 Å². The van der Waals surface area contributed by atoms with Crippen LogP contribution in [0, 0.1) is 18.6 Å². The number of ether oxygens (including phenoxy) is 1. The van der Waals surface area contributed by atoms with Crippen molar-refractivity contribution in [2.24, 2.45) is 5.73 Å². The van der Waals surface area contributed by atoms with Gasteiger partial charge in [0, 0.05) is 0 Å². The van der Waals surface area contributed by atoms with Gasteiger partial charge in [0.2, 0.25) is 0 Å². The zero-order valence-electron chi connectivity index (χ0n) is 14.1. The Labute approximate surface area is 150 Å². The first-order valence-electron chi connectivity index (χ1n) is 8.03. The highest BCUT2D eigenvalue weighted by Crippen LogP contribution is 2.26. The Morgan fingerprint density at radius 1 is 1.04 bits per heavy atom. The number of aryl methyl sites for hydroxylation is 1. The Hall–Kier alpha value is -3.21. The van der Waals surface area contributed by atoms with E-state index in [0.29, 0.717) is 0 Å². The van der Waals surface area contributed by atoms with Gasteiger partial charge in [-0.1, -0.05) is 42.5 Å². The van der Waals surface area contributed by atoms with Crippen molar-refractivity contribution in [3.05, 3.63) is 89.0 Å². The van der Waals surface area contributed by atoms with Crippen LogP contribution in [-0.4, -0.2) is 5.91 Å². The summed E-state index contributed by atoms with van der Waals surface area (Å²) in [7, 11) is 0. The molecule has 5 heteroatoms. The molecule has 2 N–H and O–H groups in total. The van der Waals surface area contributed by atoms with E-state index in [1.165, 1.54) is 0 Å². The first kappa shape index (κ1) is 17.6. The largest absolute Gasteiger partial charge is 0.486 e. The molecule has 0 aromatic heterocycles. The maximum absolute atomic E-state index is 14.2. The number of benzene rings is 3. The van der Waals surface area contributed by atoms with Crippen molar-refractivity contribution in [3.8, 4) is 16.9 Å². The second-order valence-electron chi connectivity index (χ2n) is 5.90. The zero-order valence-corrected chi connectivity index (χ0v) is 14.1. The standard InChI is InChI=1S/C21H17F2NO2/c1-13-5-2-3-8-16(13)15-7-4-6-14(11-15)12-26-18-10-9-17(22)19(20(18)23)21(24)25/h2-11H,12H2,1H3,(H2,24,25). The van der Waals surface area contributed by atoms with Crippen molar-refractivity contribution in [2.75, 3.05) is 0 Å². The number of carbonyl (C=O) groups excluding carboxylic acids is 1. The lowest BCUT2D eigenvalue weighted by Gasteiger charge is -2.11. The molecule has 0 heterocycles. The molecule has 132 valence electrons. The van der Waals surface area contributed by atoms with E-state index < -0.39 is 23.1 Å². The third-order valence-corrected chi connectivity index (χ3v) is 4.08. The summed E-state index contributed by atoms with van der Waals surface area (Å²) in [6.45, 7) is 2.10. The van der Waals surface area contributed by atoms with Gasteiger partial charge in [-0.2, -0.15) is 0 Å². The molecule has 3 nitrogen and oxygen atoms in total. The van der Waals surface area contributed by atoms with Crippen LogP contribution in [0.25, 0.3) is 11.1 Å². The van der Waals surface area contributed by atoms with Gasteiger partial charge in [-0.05, 0) is 47.4 Å². The summed E-state index contributed by atoms with van der Waals surface area (Å²) in [5.41, 5.74) is 8.29. The highest BCUT2D eigenvalue weighted by Gasteiger charge is 2.19. The molecule has 0 fully saturated rings. The summed E-state index contributed by atoms with van der Waals surface area (Å²) < 4.78 is 33.2. The summed E-state index contributed by atoms with van der Waals surface area (Å²) in [5.74, 6) is -3.50. The van der Waals surface area contributed by atoms with Gasteiger partial charge >= 0.3 is 0 Å². The fraction of sp³-hybridized carbons (Fsp3) is 0.0952. The Bertz CT molecular complexity index is 970. The molecule has 0 aliphatic rings. The van der Waals surface area contributed by atoms with Crippen LogP contribution >= 0.6 is 0 Å². The summed E-state index contributed by atoms with van der Waals surface area (Å²) in [6, 6.07) is 17.7. The number of rotatable bonds is 5. The minimum absolute atomic E-state index is 0.0699. The first-order valence-corrected chi connectivity index (χ1v) is 8.03. The Morgan fingerprint density at radius 3 is 2.54 bits per heavy atom. The molecule has 26 heavy (non-hydrogen) atoms. The van der Waals surface area contributed by atoms with Crippen LogP contribution in [0.4, 0.5) is 8.78 Å². The van der Waals surface area contributed by atoms with Crippen molar-refractivity contribution < 1.29 is 18.3 Å². The SMILES string of the molecule is Cc1ccccc1-c1cccc(COc2ccc(F)c(C(N)=O)c2F)c1. The molecule has 3 aromatic rings. The fourth-order valence-electron chi connectivity index (χ4n) is 2.76. The van der Waals surface area contributed by atoms with Crippen LogP contribution in [0.15, 0.2) is 60.7 Å². The van der Waals surface area contributed by atoms with Gasteiger partial charge in [0.25, 0.3) is 5.91 Å². The van der Waals surface area contributed by atoms with Crippen molar-refractivity contribution >= 4 is 5.91 Å². The average molecular weight is 353 g/mol. The third kappa shape index (κ3) is 3.57. The highest BCUT2D eigenvalue weighted by atomic mass is 19.1. The molecule has 0 atom stereocenters. The van der Waals surface area contributed by atoms with E-state index in [-0.39, 0.29) is 12.4 Å². The predicted octanol–water partition coefficient (Wildman–Crippen LogP) is 4.62. The third-order valence-electron chi connectivity index (χ3n) is 4.08. The number of halogens is 2. The van der Waals surface area contributed by atoms with Gasteiger partial charge in [-0.15, -0.1) is 0 Å². The van der Waals surface area contributed by atoms with Crippen molar-refractivity contribution in [3.63, 3.8) is 0 Å². The molecule has 0 unspecified atom stereocenters. The molecule has 0 aliphatic heterocycles. The molecule has 0 aliphatic carbocycles. The van der Waals surface area contributed by atoms with Gasteiger partial charge < -0.3 is 10.5 Å². The lowest BCUT2D eigenvalue weighted by molar-refractivity contribution is 0.0991. The first-order chi connectivity index (χ1) is 12.5. The molecule has 0 bridgehead atoms. The molecule has 0 saturated carbocycles. The van der Waals surface area contributed by atoms with E-state index in [0.717, 1.165) is 34.4 Å². The number of carbonyl (C=O) groups is 1. The second-order valence-corrected chi connectivity index (χ2v) is 5.90. The van der Waals surface area contributed by atoms with E-state index in [1.807, 2.05) is 55.5 Å². The molecule has 3 aromatic carbocycles. The monoisotopic (exact) mass is 353 g/mol. The number of primary amides is 1. The van der Waals surface area contributed by atoms with Crippen LogP contribution < -0.4 is 10.5 Å². The van der Waals surface area contributed by atoms with E-state index in [2.05, 4.69) is 0 Å². The average Bonchev–Trinajstić information content (AvgIpc) is 2.61. The molecule has 3 rings (SSSR count). The lowest BCUT2D eigenvalue weighted by atomic mass is 9.99. The van der Waals surface area contributed by atoms with E-state index in [1.54, 1.807) is 0 Å². The van der Waals surface area contributed by atoms with Gasteiger partial charge in [0.05, 0.1) is 0 Å². The van der Waals surface area contributed by atoms with Crippen molar-refractivity contribution in [1.29, 1.82) is 0 Å². The molecular weight excluding hydrogens is 336 g/mol. The van der Waals surface area contributed by atoms with Crippen LogP contribution in [-0.2, 0) is 6.61 Å². The second kappa shape index (κ2) is 7.35. The summed E-state index contributed by atoms with van der Waals surface area (Å²) in [4.78, 5) is 11.2. The van der Waals surface area contributed by atoms with Gasteiger partial charge in [0.1, 0.15) is 18.0 Å². The van der Waals surface area contributed by atoms with E-state index in [4.69, 9.17) is 10.5 Å². The zero-order chi connectivity index (χ0) is 18.7. The highest BCUT2D eigenvalue weighted by molar-refractivity contribution is 5.93. The van der Waals surface area contributed by atoms with Crippen molar-refractivity contribution in [2.45, 2.75) is 13.5 Å². The fourth-order valence-corrected chi connectivity index (χ4v) is 2.76. The minimum Gasteiger partial charge on any atom is -0.486 e. The normalized spacial score (nSPS) is 10.6. The summed E-state index contributed by atoms with van der Waals surface area (Å²) in [6.07, 6.45) is 0. The number of hydrogen-bond donors (Lipinski definition) is 1. The van der Waals surface area contributed by atoms with Crippen LogP contribution in [0.2, 0.25) is 0 Å². The van der Waals surface area contributed by atoms with E-state index in [9.17, 15) is 13.6 Å². The molecule has 1 amide bonds. The van der Waals surface area contributed by atoms with Gasteiger partial charge in [0.15, 0.2) is 11.6 Å². The smallest absolute Gasteiger partial charge is 0.254 e. The lowest BCUT2D eigenvalue weighted by Crippen LogP contribution is -2.16. The molecule has 0 radical (unpaired) electrons. The van der Waals surface area contributed by atoms with Crippen LogP contribution in [0.5, 0.6) is 5.75 Å². The van der Waals surface area contributed by atoms with Gasteiger partial charge in [-0.3, -0.25) is 4.79 Å². The summed E-state index contributed by atoms with van der Waals surface area (Å²) >= 11 is 0. The number of nitrogens with two attached hydrogens (primary N) is 1. The Morgan fingerprint density at radius 2 is 1.81 bits per heavy atom. The maximum atomic E-state index is 14.2. The van der Waals surface area contributed by atoms with Crippen molar-refractivity contribution in [1.82, 2.24) is 0 Å². The minimum atomic E-state index is -1.17. The molecule has 0 spiro atoms. The quantitative estimate of drug-likeness (QED) is 0.728. The van der Waals surface area contributed by atoms with E-state index >= 15 is 0 Å². The van der Waals surface area contributed by atoms with Crippen LogP contribution in [0.1, 0.15) is 21.5 Å². The Balaban J connectivity index is 1.84. The molecule has 0 saturated heterocycles. The number of hydrogen-bond acceptors (Lipinski definition) is 2.